The highest BCUT2D eigenvalue weighted by molar-refractivity contribution is 8.00. The third kappa shape index (κ3) is 4.24. The van der Waals surface area contributed by atoms with Crippen molar-refractivity contribution >= 4 is 35.5 Å². The minimum absolute atomic E-state index is 0.173. The summed E-state index contributed by atoms with van der Waals surface area (Å²) in [5.74, 6) is -0.708. The van der Waals surface area contributed by atoms with Gasteiger partial charge in [-0.1, -0.05) is 25.3 Å². The zero-order valence-corrected chi connectivity index (χ0v) is 16.1. The van der Waals surface area contributed by atoms with Crippen molar-refractivity contribution in [3.8, 4) is 0 Å². The molecular weight excluding hydrogens is 367 g/mol. The van der Waals surface area contributed by atoms with Crippen molar-refractivity contribution in [3.05, 3.63) is 34.9 Å². The molecule has 1 saturated carbocycles. The van der Waals surface area contributed by atoms with Crippen LogP contribution < -0.4 is 5.54 Å². The quantitative estimate of drug-likeness (QED) is 0.433. The lowest BCUT2D eigenvalue weighted by Crippen LogP contribution is -2.32. The number of amides is 2. The molecular formula is C20H23FN2O3S. The topological polar surface area (TPSA) is 66.5 Å². The van der Waals surface area contributed by atoms with Gasteiger partial charge in [0.15, 0.2) is 6.29 Å². The van der Waals surface area contributed by atoms with Crippen molar-refractivity contribution < 1.29 is 18.9 Å². The van der Waals surface area contributed by atoms with Gasteiger partial charge in [0.05, 0.1) is 5.69 Å². The zero-order chi connectivity index (χ0) is 19.4. The van der Waals surface area contributed by atoms with Gasteiger partial charge in [0.2, 0.25) is 0 Å². The van der Waals surface area contributed by atoms with E-state index < -0.39 is 0 Å². The van der Waals surface area contributed by atoms with E-state index in [9.17, 15) is 18.9 Å². The van der Waals surface area contributed by atoms with Gasteiger partial charge >= 0.3 is 0 Å². The number of hydrogen-bond donors (Lipinski definition) is 1. The minimum Gasteiger partial charge on any atom is -0.298 e. The molecule has 5 nitrogen and oxygen atoms in total. The molecule has 144 valence electrons. The van der Waals surface area contributed by atoms with Gasteiger partial charge in [0.1, 0.15) is 0 Å². The van der Waals surface area contributed by atoms with Gasteiger partial charge in [-0.25, -0.2) is 5.54 Å². The number of halogens is 1. The second-order valence-electron chi connectivity index (χ2n) is 6.97. The summed E-state index contributed by atoms with van der Waals surface area (Å²) < 4.78 is 13.8. The molecule has 1 aliphatic carbocycles. The average Bonchev–Trinajstić information content (AvgIpc) is 2.99. The number of anilines is 1. The first-order valence-corrected chi connectivity index (χ1v) is 10.1. The number of carbonyl (C=O) groups excluding carboxylic acids is 3. The molecule has 27 heavy (non-hydrogen) atoms. The summed E-state index contributed by atoms with van der Waals surface area (Å²) in [6.07, 6.45) is 9.21. The van der Waals surface area contributed by atoms with Crippen LogP contribution in [0, 0.1) is 6.92 Å². The molecule has 0 radical (unpaired) electrons. The number of thioether (sulfide) groups is 1. The van der Waals surface area contributed by atoms with Gasteiger partial charge in [-0.2, -0.15) is 0 Å². The van der Waals surface area contributed by atoms with Crippen LogP contribution in [-0.4, -0.2) is 34.8 Å². The van der Waals surface area contributed by atoms with Gasteiger partial charge < -0.3 is 0 Å². The number of aldehydes is 1. The van der Waals surface area contributed by atoms with E-state index in [-0.39, 0.29) is 24.0 Å². The van der Waals surface area contributed by atoms with Gasteiger partial charge in [-0.15, -0.1) is 16.2 Å². The number of hydrogen-bond acceptors (Lipinski definition) is 5. The number of aryl methyl sites for hydroxylation is 1. The van der Waals surface area contributed by atoms with Crippen LogP contribution in [0.4, 0.5) is 10.2 Å². The zero-order valence-electron chi connectivity index (χ0n) is 15.3. The third-order valence-corrected chi connectivity index (χ3v) is 6.63. The highest BCUT2D eigenvalue weighted by atomic mass is 32.2. The molecule has 1 aromatic carbocycles. The number of benzene rings is 1. The summed E-state index contributed by atoms with van der Waals surface area (Å²) in [5, 5.41) is 0.366. The van der Waals surface area contributed by atoms with Crippen LogP contribution in [0.2, 0.25) is 0 Å². The van der Waals surface area contributed by atoms with E-state index in [1.165, 1.54) is 18.6 Å². The van der Waals surface area contributed by atoms with Gasteiger partial charge in [0, 0.05) is 34.4 Å². The van der Waals surface area contributed by atoms with Crippen molar-refractivity contribution in [1.82, 2.24) is 4.90 Å². The van der Waals surface area contributed by atoms with Crippen LogP contribution in [0.15, 0.2) is 23.1 Å². The maximum absolute atomic E-state index is 13.8. The van der Waals surface area contributed by atoms with Gasteiger partial charge in [-0.05, 0) is 37.3 Å². The number of carbonyl (C=O) groups is 3. The Kier molecular flexibility index (Phi) is 6.31. The summed E-state index contributed by atoms with van der Waals surface area (Å²) in [4.78, 5) is 36.9. The maximum Gasteiger partial charge on any atom is 0.253 e. The molecule has 0 aromatic heterocycles. The van der Waals surface area contributed by atoms with Crippen molar-refractivity contribution in [3.63, 3.8) is 0 Å². The Morgan fingerprint density at radius 1 is 1.22 bits per heavy atom. The summed E-state index contributed by atoms with van der Waals surface area (Å²) >= 11 is 1.56. The molecule has 0 saturated heterocycles. The molecule has 0 unspecified atom stereocenters. The Labute approximate surface area is 162 Å². The van der Waals surface area contributed by atoms with Crippen LogP contribution in [0.25, 0.3) is 0 Å². The first kappa shape index (κ1) is 19.6. The number of nitrogens with zero attached hydrogens (tertiary/aromatic N) is 1. The standard InChI is InChI=1S/C20H23FN2O3S/c1-13-11-14(9-10-23-17(25)7-8-18(23)26)19(22-21)20(16(13)12-24)27-15-5-3-2-4-6-15/h7-8,11-12,15,22H,2-6,9-10H2,1H3. The van der Waals surface area contributed by atoms with Crippen LogP contribution in [0.3, 0.4) is 0 Å². The fourth-order valence-corrected chi connectivity index (χ4v) is 5.20. The second-order valence-corrected chi connectivity index (χ2v) is 8.28. The lowest BCUT2D eigenvalue weighted by Gasteiger charge is -2.24. The third-order valence-electron chi connectivity index (χ3n) is 5.16. The maximum atomic E-state index is 13.8. The molecule has 1 fully saturated rings. The molecule has 1 aromatic rings. The van der Waals surface area contributed by atoms with Gasteiger partial charge in [-0.3, -0.25) is 19.3 Å². The first-order chi connectivity index (χ1) is 13.0. The van der Waals surface area contributed by atoms with E-state index in [2.05, 4.69) is 0 Å². The Bertz CT molecular complexity index is 770. The van der Waals surface area contributed by atoms with E-state index in [0.29, 0.717) is 27.7 Å². The van der Waals surface area contributed by atoms with E-state index in [1.807, 2.05) is 6.92 Å². The van der Waals surface area contributed by atoms with Crippen molar-refractivity contribution in [2.45, 2.75) is 55.6 Å². The molecule has 1 aliphatic heterocycles. The second kappa shape index (κ2) is 8.69. The highest BCUT2D eigenvalue weighted by Gasteiger charge is 2.25. The molecule has 2 amide bonds. The number of rotatable bonds is 7. The SMILES string of the molecule is Cc1cc(CCN2C(=O)C=CC2=O)c(NF)c(SC2CCCCC2)c1C=O. The molecule has 7 heteroatoms. The summed E-state index contributed by atoms with van der Waals surface area (Å²) in [7, 11) is 0. The summed E-state index contributed by atoms with van der Waals surface area (Å²) in [5.41, 5.74) is 3.99. The van der Waals surface area contributed by atoms with Crippen molar-refractivity contribution in [1.29, 1.82) is 0 Å². The average molecular weight is 390 g/mol. The predicted octanol–water partition coefficient (Wildman–Crippen LogP) is 4.00. The Morgan fingerprint density at radius 3 is 2.48 bits per heavy atom. The van der Waals surface area contributed by atoms with E-state index in [0.717, 1.165) is 42.4 Å². The molecule has 2 aliphatic rings. The number of imide groups is 1. The summed E-state index contributed by atoms with van der Waals surface area (Å²) in [6, 6.07) is 1.76. The number of nitrogens with one attached hydrogen (secondary N) is 1. The molecule has 0 bridgehead atoms. The lowest BCUT2D eigenvalue weighted by atomic mass is 10.0. The normalized spacial score (nSPS) is 17.6. The van der Waals surface area contributed by atoms with E-state index >= 15 is 0 Å². The molecule has 0 spiro atoms. The van der Waals surface area contributed by atoms with Crippen molar-refractivity contribution in [2.24, 2.45) is 0 Å². The largest absolute Gasteiger partial charge is 0.298 e. The van der Waals surface area contributed by atoms with Crippen LogP contribution >= 0.6 is 11.8 Å². The molecule has 1 N–H and O–H groups in total. The molecule has 0 atom stereocenters. The predicted molar refractivity (Wildman–Crippen MR) is 104 cm³/mol. The van der Waals surface area contributed by atoms with E-state index in [1.54, 1.807) is 23.4 Å². The highest BCUT2D eigenvalue weighted by Crippen LogP contribution is 2.42. The summed E-state index contributed by atoms with van der Waals surface area (Å²) in [6.45, 7) is 2.00. The fourth-order valence-electron chi connectivity index (χ4n) is 3.67. The van der Waals surface area contributed by atoms with Crippen LogP contribution in [0.1, 0.15) is 53.6 Å². The Balaban J connectivity index is 1.88. The van der Waals surface area contributed by atoms with Crippen LogP contribution in [0.5, 0.6) is 0 Å². The molecule has 3 rings (SSSR count). The Hall–Kier alpha value is -2.15. The minimum atomic E-state index is -0.354. The van der Waals surface area contributed by atoms with E-state index in [4.69, 9.17) is 0 Å². The Morgan fingerprint density at radius 2 is 1.89 bits per heavy atom. The van der Waals surface area contributed by atoms with Crippen molar-refractivity contribution in [2.75, 3.05) is 12.1 Å². The molecule has 1 heterocycles. The fraction of sp³-hybridized carbons (Fsp3) is 0.450. The van der Waals surface area contributed by atoms with Crippen LogP contribution in [-0.2, 0) is 16.0 Å². The van der Waals surface area contributed by atoms with Gasteiger partial charge in [0.25, 0.3) is 11.8 Å². The first-order valence-electron chi connectivity index (χ1n) is 9.23. The smallest absolute Gasteiger partial charge is 0.253 e. The lowest BCUT2D eigenvalue weighted by molar-refractivity contribution is -0.136. The monoisotopic (exact) mass is 390 g/mol.